The predicted octanol–water partition coefficient (Wildman–Crippen LogP) is 2.44. The zero-order chi connectivity index (χ0) is 15.4. The summed E-state index contributed by atoms with van der Waals surface area (Å²) in [6.07, 6.45) is 0. The van der Waals surface area contributed by atoms with Crippen molar-refractivity contribution in [1.29, 1.82) is 0 Å². The summed E-state index contributed by atoms with van der Waals surface area (Å²) in [6, 6.07) is 10.8. The first kappa shape index (κ1) is 14.3. The molecule has 0 saturated carbocycles. The molecule has 2 aromatic carbocycles. The normalized spacial score (nSPS) is 9.95. The van der Waals surface area contributed by atoms with Crippen LogP contribution in [0.15, 0.2) is 42.5 Å². The van der Waals surface area contributed by atoms with Crippen LogP contribution in [0.1, 0.15) is 10.4 Å². The molecule has 0 saturated heterocycles. The van der Waals surface area contributed by atoms with Gasteiger partial charge in [-0.05, 0) is 24.3 Å². The molecule has 0 atom stereocenters. The van der Waals surface area contributed by atoms with Crippen molar-refractivity contribution in [2.45, 2.75) is 0 Å². The Morgan fingerprint density at radius 3 is 2.62 bits per heavy atom. The third-order valence-electron chi connectivity index (χ3n) is 2.78. The van der Waals surface area contributed by atoms with E-state index in [1.807, 2.05) is 0 Å². The topological polar surface area (TPSA) is 107 Å². The van der Waals surface area contributed by atoms with E-state index in [-0.39, 0.29) is 17.0 Å². The average Bonchev–Trinajstić information content (AvgIpc) is 2.46. The van der Waals surface area contributed by atoms with Crippen molar-refractivity contribution in [1.82, 2.24) is 0 Å². The molecule has 0 heterocycles. The Hall–Kier alpha value is -3.09. The lowest BCUT2D eigenvalue weighted by Crippen LogP contribution is -2.14. The van der Waals surface area contributed by atoms with Crippen LogP contribution in [0.2, 0.25) is 0 Å². The fourth-order valence-electron chi connectivity index (χ4n) is 1.88. The highest BCUT2D eigenvalue weighted by molar-refractivity contribution is 6.07. The van der Waals surface area contributed by atoms with Crippen molar-refractivity contribution < 1.29 is 14.5 Å². The van der Waals surface area contributed by atoms with Crippen LogP contribution < -0.4 is 15.8 Å². The minimum Gasteiger partial charge on any atom is -0.490 e. The van der Waals surface area contributed by atoms with Gasteiger partial charge in [0.05, 0.1) is 17.6 Å². The summed E-state index contributed by atoms with van der Waals surface area (Å²) in [5.74, 6) is -0.593. The van der Waals surface area contributed by atoms with E-state index in [2.05, 4.69) is 5.32 Å². The van der Waals surface area contributed by atoms with Gasteiger partial charge in [-0.3, -0.25) is 14.9 Å². The van der Waals surface area contributed by atoms with E-state index >= 15 is 0 Å². The number of hydrogen-bond acceptors (Lipinski definition) is 5. The number of hydrogen-bond donors (Lipinski definition) is 2. The van der Waals surface area contributed by atoms with E-state index in [1.165, 1.54) is 25.3 Å². The van der Waals surface area contributed by atoms with Crippen molar-refractivity contribution in [3.05, 3.63) is 58.1 Å². The number of nitrogens with zero attached hydrogens (tertiary/aromatic N) is 1. The van der Waals surface area contributed by atoms with E-state index in [4.69, 9.17) is 10.5 Å². The molecular weight excluding hydrogens is 274 g/mol. The lowest BCUT2D eigenvalue weighted by molar-refractivity contribution is -0.385. The first-order valence-corrected chi connectivity index (χ1v) is 6.01. The molecule has 0 aromatic heterocycles. The van der Waals surface area contributed by atoms with Crippen molar-refractivity contribution in [3.63, 3.8) is 0 Å². The van der Waals surface area contributed by atoms with E-state index in [9.17, 15) is 14.9 Å². The molecule has 1 amide bonds. The number of amides is 1. The highest BCUT2D eigenvalue weighted by Crippen LogP contribution is 2.31. The summed E-state index contributed by atoms with van der Waals surface area (Å²) in [5.41, 5.74) is 6.43. The molecule has 0 fully saturated rings. The maximum Gasteiger partial charge on any atom is 0.311 e. The zero-order valence-corrected chi connectivity index (χ0v) is 11.2. The van der Waals surface area contributed by atoms with E-state index in [0.717, 1.165) is 0 Å². The number of carbonyl (C=O) groups is 1. The molecule has 21 heavy (non-hydrogen) atoms. The number of para-hydroxylation sites is 1. The number of ether oxygens (including phenoxy) is 1. The van der Waals surface area contributed by atoms with Crippen molar-refractivity contribution in [2.75, 3.05) is 18.2 Å². The number of carbonyl (C=O) groups excluding carboxylic acids is 1. The van der Waals surface area contributed by atoms with Crippen LogP contribution in [-0.4, -0.2) is 17.9 Å². The van der Waals surface area contributed by atoms with Gasteiger partial charge in [0, 0.05) is 17.4 Å². The number of methoxy groups -OCH3 is 1. The lowest BCUT2D eigenvalue weighted by atomic mass is 10.1. The number of benzene rings is 2. The minimum absolute atomic E-state index is 0.0779. The van der Waals surface area contributed by atoms with Crippen LogP contribution >= 0.6 is 0 Å². The van der Waals surface area contributed by atoms with Gasteiger partial charge in [-0.1, -0.05) is 12.1 Å². The molecule has 0 spiro atoms. The molecular formula is C14H13N3O4. The molecule has 0 unspecified atom stereocenters. The van der Waals surface area contributed by atoms with Crippen molar-refractivity contribution in [3.8, 4) is 5.75 Å². The van der Waals surface area contributed by atoms with E-state index in [0.29, 0.717) is 11.4 Å². The van der Waals surface area contributed by atoms with Gasteiger partial charge in [-0.2, -0.15) is 0 Å². The minimum atomic E-state index is -0.601. The Bertz CT molecular complexity index is 700. The molecule has 3 N–H and O–H groups in total. The van der Waals surface area contributed by atoms with Gasteiger partial charge in [0.1, 0.15) is 0 Å². The summed E-state index contributed by atoms with van der Waals surface area (Å²) in [6.45, 7) is 0. The summed E-state index contributed by atoms with van der Waals surface area (Å²) >= 11 is 0. The van der Waals surface area contributed by atoms with Gasteiger partial charge >= 0.3 is 5.69 Å². The Balaban J connectivity index is 2.35. The fourth-order valence-corrected chi connectivity index (χ4v) is 1.88. The summed E-state index contributed by atoms with van der Waals surface area (Å²) in [5, 5.41) is 13.6. The SMILES string of the molecule is COc1c(C(=O)Nc2cccc(N)c2)cccc1[N+](=O)[O-]. The molecule has 7 heteroatoms. The van der Waals surface area contributed by atoms with Gasteiger partial charge in [-0.25, -0.2) is 0 Å². The molecule has 0 aliphatic heterocycles. The molecule has 0 aliphatic rings. The maximum absolute atomic E-state index is 12.2. The number of nitrogens with two attached hydrogens (primary N) is 1. The van der Waals surface area contributed by atoms with E-state index in [1.54, 1.807) is 24.3 Å². The molecule has 0 radical (unpaired) electrons. The van der Waals surface area contributed by atoms with Crippen LogP contribution in [-0.2, 0) is 0 Å². The standard InChI is InChI=1S/C14H13N3O4/c1-21-13-11(6-3-7-12(13)17(19)20)14(18)16-10-5-2-4-9(15)8-10/h2-8H,15H2,1H3,(H,16,18). The average molecular weight is 287 g/mol. The molecule has 2 rings (SSSR count). The van der Waals surface area contributed by atoms with Crippen LogP contribution in [0.4, 0.5) is 17.1 Å². The van der Waals surface area contributed by atoms with Gasteiger partial charge in [0.25, 0.3) is 5.91 Å². The molecule has 108 valence electrons. The maximum atomic E-state index is 12.2. The molecule has 0 aliphatic carbocycles. The van der Waals surface area contributed by atoms with Gasteiger partial charge in [0.2, 0.25) is 5.75 Å². The number of anilines is 2. The first-order valence-electron chi connectivity index (χ1n) is 6.01. The van der Waals surface area contributed by atoms with Gasteiger partial charge in [0.15, 0.2) is 0 Å². The highest BCUT2D eigenvalue weighted by Gasteiger charge is 2.22. The second kappa shape index (κ2) is 5.91. The summed E-state index contributed by atoms with van der Waals surface area (Å²) in [7, 11) is 1.28. The Morgan fingerprint density at radius 2 is 2.00 bits per heavy atom. The zero-order valence-electron chi connectivity index (χ0n) is 11.2. The van der Waals surface area contributed by atoms with Crippen molar-refractivity contribution in [2.24, 2.45) is 0 Å². The third-order valence-corrected chi connectivity index (χ3v) is 2.78. The van der Waals surface area contributed by atoms with Crippen molar-refractivity contribution >= 4 is 23.0 Å². The van der Waals surface area contributed by atoms with Gasteiger partial charge in [-0.15, -0.1) is 0 Å². The quantitative estimate of drug-likeness (QED) is 0.510. The third kappa shape index (κ3) is 3.08. The van der Waals surface area contributed by atoms with Crippen LogP contribution in [0.25, 0.3) is 0 Å². The Kier molecular flexibility index (Phi) is 4.03. The first-order chi connectivity index (χ1) is 10.0. The number of nitrogens with one attached hydrogen (secondary N) is 1. The smallest absolute Gasteiger partial charge is 0.311 e. The highest BCUT2D eigenvalue weighted by atomic mass is 16.6. The molecule has 2 aromatic rings. The Morgan fingerprint density at radius 1 is 1.29 bits per heavy atom. The second-order valence-electron chi connectivity index (χ2n) is 4.19. The lowest BCUT2D eigenvalue weighted by Gasteiger charge is -2.09. The fraction of sp³-hybridized carbons (Fsp3) is 0.0714. The molecule has 7 nitrogen and oxygen atoms in total. The summed E-state index contributed by atoms with van der Waals surface area (Å²) < 4.78 is 4.99. The second-order valence-corrected chi connectivity index (χ2v) is 4.19. The summed E-state index contributed by atoms with van der Waals surface area (Å²) in [4.78, 5) is 22.6. The Labute approximate surface area is 120 Å². The van der Waals surface area contributed by atoms with E-state index < -0.39 is 10.8 Å². The molecule has 0 bridgehead atoms. The van der Waals surface area contributed by atoms with Crippen LogP contribution in [0.5, 0.6) is 5.75 Å². The largest absolute Gasteiger partial charge is 0.490 e. The van der Waals surface area contributed by atoms with Gasteiger partial charge < -0.3 is 15.8 Å². The van der Waals surface area contributed by atoms with Crippen LogP contribution in [0.3, 0.4) is 0 Å². The monoisotopic (exact) mass is 287 g/mol. The van der Waals surface area contributed by atoms with Crippen LogP contribution in [0, 0.1) is 10.1 Å². The number of nitro benzene ring substituents is 1. The predicted molar refractivity (Wildman–Crippen MR) is 78.5 cm³/mol. The number of rotatable bonds is 4. The number of nitrogen functional groups attached to an aromatic ring is 1. The number of nitro groups is 1.